The summed E-state index contributed by atoms with van der Waals surface area (Å²) in [5.74, 6) is 1.23. The Morgan fingerprint density at radius 1 is 1.33 bits per heavy atom. The highest BCUT2D eigenvalue weighted by Gasteiger charge is 2.08. The molecule has 1 unspecified atom stereocenters. The molecule has 0 fully saturated rings. The highest BCUT2D eigenvalue weighted by Crippen LogP contribution is 2.19. The Bertz CT molecular complexity index is 443. The lowest BCUT2D eigenvalue weighted by molar-refractivity contribution is -0.121. The van der Waals surface area contributed by atoms with E-state index in [1.54, 1.807) is 18.4 Å². The summed E-state index contributed by atoms with van der Waals surface area (Å²) in [6.45, 7) is 7.49. The molecule has 0 aliphatic heterocycles. The predicted molar refractivity (Wildman–Crippen MR) is 90.0 cm³/mol. The molecule has 1 amide bonds. The zero-order valence-electron chi connectivity index (χ0n) is 13.3. The summed E-state index contributed by atoms with van der Waals surface area (Å²) in [6, 6.07) is 4.39. The Labute approximate surface area is 131 Å². The van der Waals surface area contributed by atoms with Crippen molar-refractivity contribution in [1.82, 2.24) is 16.0 Å². The van der Waals surface area contributed by atoms with Crippen LogP contribution in [0.4, 0.5) is 0 Å². The fourth-order valence-corrected chi connectivity index (χ4v) is 2.62. The molecule has 0 spiro atoms. The van der Waals surface area contributed by atoms with Crippen molar-refractivity contribution in [2.45, 2.75) is 39.2 Å². The highest BCUT2D eigenvalue weighted by molar-refractivity contribution is 7.10. The van der Waals surface area contributed by atoms with Gasteiger partial charge in [-0.1, -0.05) is 13.0 Å². The first-order chi connectivity index (χ1) is 10.0. The van der Waals surface area contributed by atoms with Gasteiger partial charge in [0, 0.05) is 43.4 Å². The molecule has 3 N–H and O–H groups in total. The third kappa shape index (κ3) is 7.13. The normalized spacial score (nSPS) is 13.1. The van der Waals surface area contributed by atoms with Gasteiger partial charge in [-0.15, -0.1) is 11.3 Å². The summed E-state index contributed by atoms with van der Waals surface area (Å²) < 4.78 is 0. The van der Waals surface area contributed by atoms with Crippen LogP contribution in [0.2, 0.25) is 0 Å². The second-order valence-electron chi connectivity index (χ2n) is 5.27. The number of nitrogens with zero attached hydrogens (tertiary/aromatic N) is 1. The second-order valence-corrected chi connectivity index (χ2v) is 6.25. The van der Waals surface area contributed by atoms with Crippen LogP contribution in [0.1, 0.15) is 38.0 Å². The second kappa shape index (κ2) is 9.39. The Morgan fingerprint density at radius 3 is 2.67 bits per heavy atom. The number of amides is 1. The molecule has 6 heteroatoms. The van der Waals surface area contributed by atoms with Gasteiger partial charge < -0.3 is 16.0 Å². The van der Waals surface area contributed by atoms with Crippen LogP contribution < -0.4 is 16.0 Å². The maximum absolute atomic E-state index is 11.5. The lowest BCUT2D eigenvalue weighted by Gasteiger charge is -2.15. The van der Waals surface area contributed by atoms with Crippen molar-refractivity contribution in [3.05, 3.63) is 22.4 Å². The SMILES string of the molecule is CN=C(NCCC(=O)NC(C)C)NCC(C)c1cccs1. The minimum absolute atomic E-state index is 0.0555. The maximum atomic E-state index is 11.5. The molecule has 0 aliphatic rings. The molecule has 0 bridgehead atoms. The van der Waals surface area contributed by atoms with Gasteiger partial charge in [0.1, 0.15) is 0 Å². The van der Waals surface area contributed by atoms with Crippen LogP contribution >= 0.6 is 11.3 Å². The van der Waals surface area contributed by atoms with Crippen LogP contribution in [0.25, 0.3) is 0 Å². The van der Waals surface area contributed by atoms with Gasteiger partial charge in [-0.25, -0.2) is 0 Å². The standard InChI is InChI=1S/C15H26N4OS/c1-11(2)19-14(20)7-8-17-15(16-4)18-10-12(3)13-6-5-9-21-13/h5-6,9,11-12H,7-8,10H2,1-4H3,(H,19,20)(H2,16,17,18). The molecule has 0 radical (unpaired) electrons. The van der Waals surface area contributed by atoms with Gasteiger partial charge in [0.15, 0.2) is 5.96 Å². The topological polar surface area (TPSA) is 65.5 Å². The number of hydrogen-bond donors (Lipinski definition) is 3. The number of guanidine groups is 1. The molecule has 0 saturated carbocycles. The molecule has 5 nitrogen and oxygen atoms in total. The molecule has 0 saturated heterocycles. The van der Waals surface area contributed by atoms with E-state index in [1.165, 1.54) is 4.88 Å². The van der Waals surface area contributed by atoms with Crippen molar-refractivity contribution in [3.63, 3.8) is 0 Å². The van der Waals surface area contributed by atoms with E-state index in [-0.39, 0.29) is 11.9 Å². The van der Waals surface area contributed by atoms with Crippen LogP contribution in [-0.4, -0.2) is 38.0 Å². The number of carbonyl (C=O) groups is 1. The van der Waals surface area contributed by atoms with Crippen molar-refractivity contribution in [3.8, 4) is 0 Å². The van der Waals surface area contributed by atoms with Crippen molar-refractivity contribution in [2.75, 3.05) is 20.1 Å². The molecule has 118 valence electrons. The van der Waals surface area contributed by atoms with Gasteiger partial charge in [0.05, 0.1) is 0 Å². The number of thiophene rings is 1. The molecular formula is C15H26N4OS. The van der Waals surface area contributed by atoms with Gasteiger partial charge >= 0.3 is 0 Å². The smallest absolute Gasteiger partial charge is 0.221 e. The number of hydrogen-bond acceptors (Lipinski definition) is 3. The van der Waals surface area contributed by atoms with Crippen LogP contribution in [0.15, 0.2) is 22.5 Å². The van der Waals surface area contributed by atoms with Gasteiger partial charge in [0.2, 0.25) is 5.91 Å². The van der Waals surface area contributed by atoms with E-state index < -0.39 is 0 Å². The largest absolute Gasteiger partial charge is 0.356 e. The van der Waals surface area contributed by atoms with Crippen molar-refractivity contribution in [2.24, 2.45) is 4.99 Å². The van der Waals surface area contributed by atoms with Gasteiger partial charge in [-0.05, 0) is 25.3 Å². The van der Waals surface area contributed by atoms with E-state index in [0.717, 1.165) is 12.5 Å². The third-order valence-electron chi connectivity index (χ3n) is 2.92. The summed E-state index contributed by atoms with van der Waals surface area (Å²) in [5.41, 5.74) is 0. The maximum Gasteiger partial charge on any atom is 0.221 e. The van der Waals surface area contributed by atoms with Crippen molar-refractivity contribution in [1.29, 1.82) is 0 Å². The van der Waals surface area contributed by atoms with E-state index in [4.69, 9.17) is 0 Å². The number of carbonyl (C=O) groups excluding carboxylic acids is 1. The summed E-state index contributed by atoms with van der Waals surface area (Å²) >= 11 is 1.76. The Kier molecular flexibility index (Phi) is 7.82. The summed E-state index contributed by atoms with van der Waals surface area (Å²) in [7, 11) is 1.74. The Morgan fingerprint density at radius 2 is 2.10 bits per heavy atom. The fraction of sp³-hybridized carbons (Fsp3) is 0.600. The van der Waals surface area contributed by atoms with Crippen LogP contribution in [0.3, 0.4) is 0 Å². The van der Waals surface area contributed by atoms with Crippen molar-refractivity contribution < 1.29 is 4.79 Å². The molecule has 0 aromatic carbocycles. The molecule has 1 aromatic rings. The average Bonchev–Trinajstić information content (AvgIpc) is 2.95. The van der Waals surface area contributed by atoms with Crippen LogP contribution in [-0.2, 0) is 4.79 Å². The third-order valence-corrected chi connectivity index (χ3v) is 4.03. The van der Waals surface area contributed by atoms with E-state index in [0.29, 0.717) is 18.9 Å². The molecule has 21 heavy (non-hydrogen) atoms. The Hall–Kier alpha value is -1.56. The zero-order chi connectivity index (χ0) is 15.7. The van der Waals surface area contributed by atoms with Crippen molar-refractivity contribution >= 4 is 23.2 Å². The Balaban J connectivity index is 2.25. The number of aliphatic imine (C=N–C) groups is 1. The van der Waals surface area contributed by atoms with E-state index in [9.17, 15) is 4.79 Å². The fourth-order valence-electron chi connectivity index (χ4n) is 1.83. The monoisotopic (exact) mass is 310 g/mol. The quantitative estimate of drug-likeness (QED) is 0.532. The molecule has 1 atom stereocenters. The molecular weight excluding hydrogens is 284 g/mol. The summed E-state index contributed by atoms with van der Waals surface area (Å²) in [4.78, 5) is 17.1. The highest BCUT2D eigenvalue weighted by atomic mass is 32.1. The van der Waals surface area contributed by atoms with E-state index in [2.05, 4.69) is 45.4 Å². The molecule has 1 heterocycles. The minimum Gasteiger partial charge on any atom is -0.356 e. The number of nitrogens with one attached hydrogen (secondary N) is 3. The van der Waals surface area contributed by atoms with Crippen LogP contribution in [0, 0.1) is 0 Å². The summed E-state index contributed by atoms with van der Waals surface area (Å²) in [5, 5.41) is 11.4. The first-order valence-electron chi connectivity index (χ1n) is 7.30. The predicted octanol–water partition coefficient (Wildman–Crippen LogP) is 1.93. The minimum atomic E-state index is 0.0555. The molecule has 1 rings (SSSR count). The van der Waals surface area contributed by atoms with E-state index >= 15 is 0 Å². The summed E-state index contributed by atoms with van der Waals surface area (Å²) in [6.07, 6.45) is 0.444. The first kappa shape index (κ1) is 17.5. The van der Waals surface area contributed by atoms with Crippen LogP contribution in [0.5, 0.6) is 0 Å². The first-order valence-corrected chi connectivity index (χ1v) is 8.18. The van der Waals surface area contributed by atoms with Gasteiger partial charge in [-0.2, -0.15) is 0 Å². The van der Waals surface area contributed by atoms with E-state index in [1.807, 2.05) is 13.8 Å². The lowest BCUT2D eigenvalue weighted by atomic mass is 10.1. The molecule has 0 aliphatic carbocycles. The zero-order valence-corrected chi connectivity index (χ0v) is 14.1. The lowest BCUT2D eigenvalue weighted by Crippen LogP contribution is -2.41. The van der Waals surface area contributed by atoms with Gasteiger partial charge in [0.25, 0.3) is 0 Å². The average molecular weight is 310 g/mol. The van der Waals surface area contributed by atoms with Gasteiger partial charge in [-0.3, -0.25) is 9.79 Å². The number of rotatable bonds is 7. The molecule has 1 aromatic heterocycles.